The standard InChI is InChI=1S/C39H37F3N2O4/c1-3-48-38(47)36-26(2)44(35(45)24-34(36)30-17-19-32(20-18-30)39(40,41)42)25-27-11-10-16-31(23-27)37(46)43-22-21-33(28-12-6-4-7-13-28)29-14-8-5-9-15-29/h4-20,23,33-34H,3,21-22,24-25H2,1-2H3,(H,43,46). The Morgan fingerprint density at radius 1 is 0.896 bits per heavy atom. The largest absolute Gasteiger partial charge is 0.463 e. The number of carbonyl (C=O) groups excluding carboxylic acids is 3. The van der Waals surface area contributed by atoms with E-state index >= 15 is 0 Å². The van der Waals surface area contributed by atoms with Crippen molar-refractivity contribution in [3.8, 4) is 0 Å². The first-order chi connectivity index (χ1) is 23.1. The fourth-order valence-electron chi connectivity index (χ4n) is 6.19. The van der Waals surface area contributed by atoms with Crippen molar-refractivity contribution in [1.29, 1.82) is 0 Å². The van der Waals surface area contributed by atoms with Gasteiger partial charge in [-0.1, -0.05) is 84.9 Å². The molecule has 6 nitrogen and oxygen atoms in total. The zero-order chi connectivity index (χ0) is 34.3. The summed E-state index contributed by atoms with van der Waals surface area (Å²) in [6, 6.07) is 31.8. The van der Waals surface area contributed by atoms with Crippen LogP contribution in [0.5, 0.6) is 0 Å². The SMILES string of the molecule is CCOC(=O)C1=C(C)N(Cc2cccc(C(=O)NCCC(c3ccccc3)c3ccccc3)c2)C(=O)CC1c1ccc(C(F)(F)F)cc1. The lowest BCUT2D eigenvalue weighted by atomic mass is 9.83. The summed E-state index contributed by atoms with van der Waals surface area (Å²) in [4.78, 5) is 41.3. The molecule has 0 fully saturated rings. The predicted molar refractivity (Wildman–Crippen MR) is 177 cm³/mol. The smallest absolute Gasteiger partial charge is 0.416 e. The Balaban J connectivity index is 1.31. The van der Waals surface area contributed by atoms with E-state index in [1.165, 1.54) is 17.0 Å². The summed E-state index contributed by atoms with van der Waals surface area (Å²) in [5.74, 6) is -1.83. The van der Waals surface area contributed by atoms with Crippen LogP contribution >= 0.6 is 0 Å². The van der Waals surface area contributed by atoms with Gasteiger partial charge in [0.2, 0.25) is 5.91 Å². The number of allylic oxidation sites excluding steroid dienone is 1. The molecule has 0 radical (unpaired) electrons. The van der Waals surface area contributed by atoms with E-state index in [9.17, 15) is 27.6 Å². The van der Waals surface area contributed by atoms with Crippen molar-refractivity contribution in [1.82, 2.24) is 10.2 Å². The number of benzene rings is 4. The number of alkyl halides is 3. The van der Waals surface area contributed by atoms with Gasteiger partial charge >= 0.3 is 12.1 Å². The van der Waals surface area contributed by atoms with Gasteiger partial charge in [-0.2, -0.15) is 13.2 Å². The Hall–Kier alpha value is -5.18. The molecule has 4 aromatic carbocycles. The lowest BCUT2D eigenvalue weighted by molar-refractivity contribution is -0.140. The summed E-state index contributed by atoms with van der Waals surface area (Å²) in [5.41, 5.74) is 3.62. The highest BCUT2D eigenvalue weighted by Crippen LogP contribution is 2.39. The number of halogens is 3. The molecular formula is C39H37F3N2O4. The summed E-state index contributed by atoms with van der Waals surface area (Å²) < 4.78 is 44.8. The van der Waals surface area contributed by atoms with E-state index in [1.54, 1.807) is 38.1 Å². The highest BCUT2D eigenvalue weighted by molar-refractivity contribution is 5.96. The van der Waals surface area contributed by atoms with Crippen LogP contribution in [0.4, 0.5) is 13.2 Å². The van der Waals surface area contributed by atoms with Gasteiger partial charge in [0, 0.05) is 36.1 Å². The van der Waals surface area contributed by atoms with Gasteiger partial charge in [0.1, 0.15) is 0 Å². The van der Waals surface area contributed by atoms with Crippen LogP contribution in [-0.2, 0) is 27.0 Å². The Morgan fingerprint density at radius 3 is 2.10 bits per heavy atom. The molecule has 0 bridgehead atoms. The van der Waals surface area contributed by atoms with Crippen molar-refractivity contribution in [2.75, 3.05) is 13.2 Å². The molecule has 5 rings (SSSR count). The molecule has 0 saturated heterocycles. The molecule has 2 amide bonds. The van der Waals surface area contributed by atoms with E-state index in [0.717, 1.165) is 23.3 Å². The van der Waals surface area contributed by atoms with Gasteiger partial charge in [-0.05, 0) is 66.8 Å². The zero-order valence-corrected chi connectivity index (χ0v) is 26.8. The molecule has 1 heterocycles. The number of hydrogen-bond acceptors (Lipinski definition) is 4. The van der Waals surface area contributed by atoms with Crippen LogP contribution in [0.1, 0.15) is 76.7 Å². The summed E-state index contributed by atoms with van der Waals surface area (Å²) in [5, 5.41) is 3.03. The summed E-state index contributed by atoms with van der Waals surface area (Å²) in [6.45, 7) is 3.92. The van der Waals surface area contributed by atoms with E-state index in [1.807, 2.05) is 36.4 Å². The fourth-order valence-corrected chi connectivity index (χ4v) is 6.19. The number of hydrogen-bond donors (Lipinski definition) is 1. The fraction of sp³-hybridized carbons (Fsp3) is 0.256. The Bertz CT molecular complexity index is 1730. The molecule has 0 aromatic heterocycles. The summed E-state index contributed by atoms with van der Waals surface area (Å²) in [7, 11) is 0. The van der Waals surface area contributed by atoms with E-state index in [2.05, 4.69) is 29.6 Å². The van der Waals surface area contributed by atoms with Crippen LogP contribution in [-0.4, -0.2) is 35.8 Å². The van der Waals surface area contributed by atoms with Gasteiger partial charge in [0.05, 0.1) is 24.3 Å². The molecule has 0 spiro atoms. The number of esters is 1. The maximum atomic E-state index is 13.5. The van der Waals surface area contributed by atoms with Crippen molar-refractivity contribution in [2.45, 2.75) is 51.2 Å². The molecule has 0 aliphatic carbocycles. The molecule has 1 unspecified atom stereocenters. The molecule has 9 heteroatoms. The molecule has 1 N–H and O–H groups in total. The first-order valence-corrected chi connectivity index (χ1v) is 15.9. The monoisotopic (exact) mass is 654 g/mol. The van der Waals surface area contributed by atoms with Crippen LogP contribution in [0.15, 0.2) is 120 Å². The molecule has 0 saturated carbocycles. The quantitative estimate of drug-likeness (QED) is 0.166. The van der Waals surface area contributed by atoms with Gasteiger partial charge < -0.3 is 15.0 Å². The van der Waals surface area contributed by atoms with Crippen molar-refractivity contribution in [3.05, 3.63) is 154 Å². The van der Waals surface area contributed by atoms with Crippen LogP contribution in [0, 0.1) is 0 Å². The highest BCUT2D eigenvalue weighted by atomic mass is 19.4. The van der Waals surface area contributed by atoms with Crippen molar-refractivity contribution >= 4 is 17.8 Å². The Labute approximate surface area is 278 Å². The van der Waals surface area contributed by atoms with E-state index in [4.69, 9.17) is 4.74 Å². The minimum Gasteiger partial charge on any atom is -0.463 e. The number of rotatable bonds is 11. The van der Waals surface area contributed by atoms with Gasteiger partial charge in [-0.15, -0.1) is 0 Å². The van der Waals surface area contributed by atoms with Crippen LogP contribution in [0.2, 0.25) is 0 Å². The van der Waals surface area contributed by atoms with Crippen LogP contribution < -0.4 is 5.32 Å². The van der Waals surface area contributed by atoms with Gasteiger partial charge in [0.15, 0.2) is 0 Å². The minimum absolute atomic E-state index is 0.0951. The summed E-state index contributed by atoms with van der Waals surface area (Å²) in [6.07, 6.45) is -3.94. The van der Waals surface area contributed by atoms with Crippen molar-refractivity contribution < 1.29 is 32.3 Å². The lowest BCUT2D eigenvalue weighted by Gasteiger charge is -2.34. The Kier molecular flexibility index (Phi) is 10.8. The normalized spacial score (nSPS) is 15.1. The molecule has 48 heavy (non-hydrogen) atoms. The average molecular weight is 655 g/mol. The molecule has 4 aromatic rings. The second-order valence-electron chi connectivity index (χ2n) is 11.7. The maximum absolute atomic E-state index is 13.5. The molecule has 1 atom stereocenters. The summed E-state index contributed by atoms with van der Waals surface area (Å²) >= 11 is 0. The lowest BCUT2D eigenvalue weighted by Crippen LogP contribution is -2.38. The molecule has 1 aliphatic heterocycles. The van der Waals surface area contributed by atoms with Gasteiger partial charge in [0.25, 0.3) is 5.91 Å². The van der Waals surface area contributed by atoms with Crippen LogP contribution in [0.3, 0.4) is 0 Å². The minimum atomic E-state index is -4.51. The van der Waals surface area contributed by atoms with Crippen molar-refractivity contribution in [3.63, 3.8) is 0 Å². The first kappa shape index (κ1) is 34.2. The third-order valence-corrected chi connectivity index (χ3v) is 8.61. The second kappa shape index (κ2) is 15.2. The number of amides is 2. The van der Waals surface area contributed by atoms with E-state index in [-0.39, 0.29) is 42.9 Å². The van der Waals surface area contributed by atoms with Crippen LogP contribution in [0.25, 0.3) is 0 Å². The zero-order valence-electron chi connectivity index (χ0n) is 26.8. The average Bonchev–Trinajstić information content (AvgIpc) is 3.09. The highest BCUT2D eigenvalue weighted by Gasteiger charge is 2.38. The van der Waals surface area contributed by atoms with Gasteiger partial charge in [-0.25, -0.2) is 4.79 Å². The number of ether oxygens (including phenoxy) is 1. The predicted octanol–water partition coefficient (Wildman–Crippen LogP) is 8.01. The maximum Gasteiger partial charge on any atom is 0.416 e. The topological polar surface area (TPSA) is 75.7 Å². The third-order valence-electron chi connectivity index (χ3n) is 8.61. The third kappa shape index (κ3) is 8.02. The molecular weight excluding hydrogens is 617 g/mol. The number of nitrogens with zero attached hydrogens (tertiary/aromatic N) is 1. The molecule has 1 aliphatic rings. The molecule has 248 valence electrons. The number of nitrogens with one attached hydrogen (secondary N) is 1. The second-order valence-corrected chi connectivity index (χ2v) is 11.7. The van der Waals surface area contributed by atoms with Gasteiger partial charge in [-0.3, -0.25) is 9.59 Å². The van der Waals surface area contributed by atoms with E-state index in [0.29, 0.717) is 35.4 Å². The Morgan fingerprint density at radius 2 is 1.52 bits per heavy atom. The first-order valence-electron chi connectivity index (χ1n) is 15.9. The number of carbonyl (C=O) groups is 3. The van der Waals surface area contributed by atoms with E-state index < -0.39 is 23.6 Å². The van der Waals surface area contributed by atoms with Crippen molar-refractivity contribution in [2.24, 2.45) is 0 Å².